The van der Waals surface area contributed by atoms with Gasteiger partial charge in [-0.15, -0.1) is 0 Å². The molecule has 5 nitrogen and oxygen atoms in total. The lowest BCUT2D eigenvalue weighted by Crippen LogP contribution is -2.08. The van der Waals surface area contributed by atoms with Gasteiger partial charge in [-0.1, -0.05) is 13.8 Å². The summed E-state index contributed by atoms with van der Waals surface area (Å²) in [7, 11) is 3.17. The lowest BCUT2D eigenvalue weighted by Gasteiger charge is -2.05. The SMILES string of the molecule is COc1cc(OC)c2[nH]c(C(=O)OCCC(C)C)cc2c1. The van der Waals surface area contributed by atoms with Gasteiger partial charge in [0.15, 0.2) is 0 Å². The zero-order chi connectivity index (χ0) is 15.4. The van der Waals surface area contributed by atoms with E-state index in [1.54, 1.807) is 26.4 Å². The number of esters is 1. The molecule has 0 fully saturated rings. The number of carbonyl (C=O) groups is 1. The molecule has 114 valence electrons. The predicted molar refractivity (Wildman–Crippen MR) is 81.1 cm³/mol. The van der Waals surface area contributed by atoms with E-state index in [-0.39, 0.29) is 5.97 Å². The second kappa shape index (κ2) is 6.52. The number of ether oxygens (including phenoxy) is 3. The maximum atomic E-state index is 12.0. The third-order valence-corrected chi connectivity index (χ3v) is 3.27. The van der Waals surface area contributed by atoms with Crippen molar-refractivity contribution < 1.29 is 19.0 Å². The highest BCUT2D eigenvalue weighted by Crippen LogP contribution is 2.31. The fourth-order valence-electron chi connectivity index (χ4n) is 2.04. The molecule has 0 spiro atoms. The van der Waals surface area contributed by atoms with Crippen molar-refractivity contribution in [1.82, 2.24) is 4.98 Å². The summed E-state index contributed by atoms with van der Waals surface area (Å²) in [5, 5.41) is 0.849. The van der Waals surface area contributed by atoms with E-state index in [0.717, 1.165) is 17.3 Å². The van der Waals surface area contributed by atoms with Crippen LogP contribution in [0, 0.1) is 5.92 Å². The van der Waals surface area contributed by atoms with Crippen molar-refractivity contribution in [3.63, 3.8) is 0 Å². The van der Waals surface area contributed by atoms with Crippen LogP contribution in [-0.4, -0.2) is 31.8 Å². The molecule has 0 aliphatic rings. The Kier molecular flexibility index (Phi) is 4.73. The van der Waals surface area contributed by atoms with Crippen LogP contribution in [0.3, 0.4) is 0 Å². The molecule has 0 unspecified atom stereocenters. The first kappa shape index (κ1) is 15.2. The van der Waals surface area contributed by atoms with Gasteiger partial charge in [-0.3, -0.25) is 0 Å². The highest BCUT2D eigenvalue weighted by molar-refractivity contribution is 5.97. The maximum absolute atomic E-state index is 12.0. The summed E-state index contributed by atoms with van der Waals surface area (Å²) >= 11 is 0. The largest absolute Gasteiger partial charge is 0.497 e. The average Bonchev–Trinajstić information content (AvgIpc) is 2.89. The minimum Gasteiger partial charge on any atom is -0.497 e. The molecule has 5 heteroatoms. The number of carbonyl (C=O) groups excluding carboxylic acids is 1. The standard InChI is InChI=1S/C16H21NO4/c1-10(2)5-6-21-16(18)13-8-11-7-12(19-3)9-14(20-4)15(11)17-13/h7-10,17H,5-6H2,1-4H3. The van der Waals surface area contributed by atoms with Crippen LogP contribution >= 0.6 is 0 Å². The van der Waals surface area contributed by atoms with Crippen LogP contribution in [-0.2, 0) is 4.74 Å². The third-order valence-electron chi connectivity index (χ3n) is 3.27. The average molecular weight is 291 g/mol. The Balaban J connectivity index is 2.23. The number of hydrogen-bond donors (Lipinski definition) is 1. The summed E-state index contributed by atoms with van der Waals surface area (Å²) in [5.74, 6) is 1.46. The second-order valence-electron chi connectivity index (χ2n) is 5.30. The molecule has 0 saturated carbocycles. The van der Waals surface area contributed by atoms with E-state index in [9.17, 15) is 4.79 Å². The van der Waals surface area contributed by atoms with E-state index in [0.29, 0.717) is 29.7 Å². The number of hydrogen-bond acceptors (Lipinski definition) is 4. The molecule has 1 aromatic heterocycles. The summed E-state index contributed by atoms with van der Waals surface area (Å²) in [5.41, 5.74) is 1.18. The Labute approximate surface area is 124 Å². The van der Waals surface area contributed by atoms with Gasteiger partial charge in [0.05, 0.1) is 26.3 Å². The van der Waals surface area contributed by atoms with Crippen LogP contribution in [0.1, 0.15) is 30.8 Å². The molecule has 0 amide bonds. The smallest absolute Gasteiger partial charge is 0.354 e. The number of nitrogens with one attached hydrogen (secondary N) is 1. The van der Waals surface area contributed by atoms with Gasteiger partial charge in [0.25, 0.3) is 0 Å². The minimum absolute atomic E-state index is 0.354. The lowest BCUT2D eigenvalue weighted by molar-refractivity contribution is 0.0482. The minimum atomic E-state index is -0.354. The molecule has 2 aromatic rings. The summed E-state index contributed by atoms with van der Waals surface area (Å²) in [6.07, 6.45) is 0.850. The van der Waals surface area contributed by atoms with Gasteiger partial charge < -0.3 is 19.2 Å². The van der Waals surface area contributed by atoms with E-state index in [1.165, 1.54) is 0 Å². The van der Waals surface area contributed by atoms with Crippen molar-refractivity contribution >= 4 is 16.9 Å². The third kappa shape index (κ3) is 3.48. The summed E-state index contributed by atoms with van der Waals surface area (Å²) in [4.78, 5) is 15.1. The van der Waals surface area contributed by atoms with Crippen molar-refractivity contribution in [2.24, 2.45) is 5.92 Å². The molecule has 1 N–H and O–H groups in total. The number of H-pyrrole nitrogens is 1. The number of rotatable bonds is 6. The van der Waals surface area contributed by atoms with Crippen LogP contribution in [0.15, 0.2) is 18.2 Å². The van der Waals surface area contributed by atoms with Gasteiger partial charge in [0, 0.05) is 11.5 Å². The topological polar surface area (TPSA) is 60.5 Å². The highest BCUT2D eigenvalue weighted by atomic mass is 16.5. The molecule has 1 heterocycles. The Hall–Kier alpha value is -2.17. The summed E-state index contributed by atoms with van der Waals surface area (Å²) in [6.45, 7) is 4.61. The van der Waals surface area contributed by atoms with Crippen LogP contribution in [0.4, 0.5) is 0 Å². The molecule has 0 bridgehead atoms. The Morgan fingerprint density at radius 2 is 1.95 bits per heavy atom. The molecule has 0 aliphatic carbocycles. The number of benzene rings is 1. The zero-order valence-electron chi connectivity index (χ0n) is 12.9. The molecule has 1 aromatic carbocycles. The first-order valence-electron chi connectivity index (χ1n) is 6.97. The Bertz CT molecular complexity index is 630. The predicted octanol–water partition coefficient (Wildman–Crippen LogP) is 3.39. The van der Waals surface area contributed by atoms with Crippen LogP contribution in [0.25, 0.3) is 10.9 Å². The van der Waals surface area contributed by atoms with Gasteiger partial charge in [-0.25, -0.2) is 4.79 Å². The summed E-state index contributed by atoms with van der Waals surface area (Å²) in [6, 6.07) is 5.37. The fraction of sp³-hybridized carbons (Fsp3) is 0.438. The second-order valence-corrected chi connectivity index (χ2v) is 5.30. The molecular formula is C16H21NO4. The van der Waals surface area contributed by atoms with Crippen LogP contribution < -0.4 is 9.47 Å². The molecule has 2 rings (SSSR count). The zero-order valence-corrected chi connectivity index (χ0v) is 12.9. The van der Waals surface area contributed by atoms with Crippen molar-refractivity contribution in [3.8, 4) is 11.5 Å². The number of methoxy groups -OCH3 is 2. The van der Waals surface area contributed by atoms with Crippen molar-refractivity contribution in [2.45, 2.75) is 20.3 Å². The quantitative estimate of drug-likeness (QED) is 0.829. The Morgan fingerprint density at radius 1 is 1.19 bits per heavy atom. The van der Waals surface area contributed by atoms with E-state index < -0.39 is 0 Å². The number of fused-ring (bicyclic) bond motifs is 1. The fourth-order valence-corrected chi connectivity index (χ4v) is 2.04. The van der Waals surface area contributed by atoms with Crippen molar-refractivity contribution in [2.75, 3.05) is 20.8 Å². The molecule has 0 aliphatic heterocycles. The van der Waals surface area contributed by atoms with Gasteiger partial charge in [-0.05, 0) is 24.5 Å². The molecular weight excluding hydrogens is 270 g/mol. The van der Waals surface area contributed by atoms with Crippen LogP contribution in [0.5, 0.6) is 11.5 Å². The van der Waals surface area contributed by atoms with Crippen LogP contribution in [0.2, 0.25) is 0 Å². The lowest BCUT2D eigenvalue weighted by atomic mass is 10.1. The van der Waals surface area contributed by atoms with E-state index in [1.807, 2.05) is 6.07 Å². The normalized spacial score (nSPS) is 10.9. The number of aromatic amines is 1. The van der Waals surface area contributed by atoms with E-state index in [2.05, 4.69) is 18.8 Å². The Morgan fingerprint density at radius 3 is 2.57 bits per heavy atom. The van der Waals surface area contributed by atoms with E-state index in [4.69, 9.17) is 14.2 Å². The highest BCUT2D eigenvalue weighted by Gasteiger charge is 2.14. The number of aromatic nitrogens is 1. The first-order valence-corrected chi connectivity index (χ1v) is 6.97. The molecule has 0 atom stereocenters. The molecule has 0 saturated heterocycles. The van der Waals surface area contributed by atoms with Gasteiger partial charge in [0.1, 0.15) is 17.2 Å². The van der Waals surface area contributed by atoms with Gasteiger partial charge >= 0.3 is 5.97 Å². The monoisotopic (exact) mass is 291 g/mol. The maximum Gasteiger partial charge on any atom is 0.354 e. The van der Waals surface area contributed by atoms with Gasteiger partial charge in [-0.2, -0.15) is 0 Å². The van der Waals surface area contributed by atoms with Gasteiger partial charge in [0.2, 0.25) is 0 Å². The first-order chi connectivity index (χ1) is 10.0. The van der Waals surface area contributed by atoms with E-state index >= 15 is 0 Å². The molecule has 21 heavy (non-hydrogen) atoms. The summed E-state index contributed by atoms with van der Waals surface area (Å²) < 4.78 is 15.8. The molecule has 0 radical (unpaired) electrons. The van der Waals surface area contributed by atoms with Crippen molar-refractivity contribution in [3.05, 3.63) is 23.9 Å². The van der Waals surface area contributed by atoms with Crippen molar-refractivity contribution in [1.29, 1.82) is 0 Å².